The number of hydrogen-bond acceptors (Lipinski definition) is 4. The van der Waals surface area contributed by atoms with E-state index in [2.05, 4.69) is 22.2 Å². The molecule has 0 aliphatic rings. The highest BCUT2D eigenvalue weighted by molar-refractivity contribution is 7.11. The predicted molar refractivity (Wildman–Crippen MR) is 81.6 cm³/mol. The number of rotatable bonds is 4. The Labute approximate surface area is 131 Å². The summed E-state index contributed by atoms with van der Waals surface area (Å²) in [4.78, 5) is 21.4. The van der Waals surface area contributed by atoms with Crippen LogP contribution in [0.2, 0.25) is 10.3 Å². The highest BCUT2D eigenvalue weighted by atomic mass is 35.5. The van der Waals surface area contributed by atoms with Gasteiger partial charge in [0.05, 0.1) is 6.04 Å². The number of nitrogens with one attached hydrogen (secondary N) is 1. The van der Waals surface area contributed by atoms with E-state index in [0.717, 1.165) is 11.4 Å². The van der Waals surface area contributed by atoms with E-state index >= 15 is 0 Å². The molecule has 0 aliphatic carbocycles. The summed E-state index contributed by atoms with van der Waals surface area (Å²) < 4.78 is 0. The molecule has 2 aromatic heterocycles. The largest absolute Gasteiger partial charge is 0.343 e. The highest BCUT2D eigenvalue weighted by Gasteiger charge is 2.15. The molecule has 1 atom stereocenters. The molecule has 0 aromatic carbocycles. The Kier molecular flexibility index (Phi) is 4.96. The van der Waals surface area contributed by atoms with Gasteiger partial charge in [-0.1, -0.05) is 30.1 Å². The maximum atomic E-state index is 12.1. The first-order valence-electron chi connectivity index (χ1n) is 6.08. The van der Waals surface area contributed by atoms with Gasteiger partial charge in [0, 0.05) is 16.6 Å². The van der Waals surface area contributed by atoms with Gasteiger partial charge in [0.25, 0.3) is 5.91 Å². The van der Waals surface area contributed by atoms with E-state index in [1.165, 1.54) is 17.0 Å². The summed E-state index contributed by atoms with van der Waals surface area (Å²) in [6, 6.07) is 2.79. The summed E-state index contributed by atoms with van der Waals surface area (Å²) in [7, 11) is 0. The van der Waals surface area contributed by atoms with Crippen molar-refractivity contribution in [3.63, 3.8) is 0 Å². The summed E-state index contributed by atoms with van der Waals surface area (Å²) >= 11 is 13.2. The smallest absolute Gasteiger partial charge is 0.252 e. The molecule has 2 rings (SSSR count). The lowest BCUT2D eigenvalue weighted by Gasteiger charge is -2.11. The van der Waals surface area contributed by atoms with E-state index in [1.807, 2.05) is 13.1 Å². The molecule has 7 heteroatoms. The topological polar surface area (TPSA) is 54.9 Å². The van der Waals surface area contributed by atoms with Crippen LogP contribution in [-0.2, 0) is 6.42 Å². The van der Waals surface area contributed by atoms with Crippen LogP contribution < -0.4 is 5.32 Å². The van der Waals surface area contributed by atoms with Gasteiger partial charge in [-0.2, -0.15) is 0 Å². The summed E-state index contributed by atoms with van der Waals surface area (Å²) in [5.41, 5.74) is 0.383. The van der Waals surface area contributed by atoms with Crippen LogP contribution in [0.25, 0.3) is 0 Å². The minimum absolute atomic E-state index is 0.168. The maximum absolute atomic E-state index is 12.1. The number of aryl methyl sites for hydroxylation is 1. The molecule has 1 N–H and O–H groups in total. The molecule has 4 nitrogen and oxygen atoms in total. The monoisotopic (exact) mass is 329 g/mol. The lowest BCUT2D eigenvalue weighted by molar-refractivity contribution is 0.0939. The third kappa shape index (κ3) is 3.69. The highest BCUT2D eigenvalue weighted by Crippen LogP contribution is 2.21. The zero-order valence-electron chi connectivity index (χ0n) is 11.0. The molecule has 0 bridgehead atoms. The molecule has 0 fully saturated rings. The standard InChI is InChI=1S/C13H13Cl2N3OS/c1-3-9-6-16-13(20-9)7(2)17-12(19)8-4-10(14)18-11(15)5-8/h4-7H,3H2,1-2H3,(H,17,19). The van der Waals surface area contributed by atoms with Gasteiger partial charge in [-0.15, -0.1) is 11.3 Å². The molecule has 1 unspecified atom stereocenters. The van der Waals surface area contributed by atoms with E-state index in [9.17, 15) is 4.79 Å². The van der Waals surface area contributed by atoms with E-state index in [1.54, 1.807) is 11.3 Å². The molecule has 0 spiro atoms. The number of carbonyl (C=O) groups is 1. The minimum Gasteiger partial charge on any atom is -0.343 e. The van der Waals surface area contributed by atoms with Crippen LogP contribution in [0.3, 0.4) is 0 Å². The fourth-order valence-electron chi connectivity index (χ4n) is 1.62. The number of aromatic nitrogens is 2. The average molecular weight is 330 g/mol. The van der Waals surface area contributed by atoms with Gasteiger partial charge in [-0.3, -0.25) is 4.79 Å². The van der Waals surface area contributed by atoms with Gasteiger partial charge in [0.2, 0.25) is 0 Å². The second-order valence-corrected chi connectivity index (χ2v) is 6.14. The molecule has 0 aliphatic heterocycles. The lowest BCUT2D eigenvalue weighted by Crippen LogP contribution is -2.26. The Balaban J connectivity index is 2.10. The molecule has 0 saturated carbocycles. The molecule has 20 heavy (non-hydrogen) atoms. The Hall–Kier alpha value is -1.17. The third-order valence-corrected chi connectivity index (χ3v) is 4.37. The molecular formula is C13H13Cl2N3OS. The van der Waals surface area contributed by atoms with Crippen LogP contribution in [0.15, 0.2) is 18.3 Å². The van der Waals surface area contributed by atoms with Crippen molar-refractivity contribution in [3.8, 4) is 0 Å². The molecule has 0 saturated heterocycles. The molecule has 2 aromatic rings. The van der Waals surface area contributed by atoms with Crippen molar-refractivity contribution in [2.45, 2.75) is 26.3 Å². The molecule has 2 heterocycles. The Morgan fingerprint density at radius 1 is 1.40 bits per heavy atom. The van der Waals surface area contributed by atoms with Gasteiger partial charge in [-0.25, -0.2) is 9.97 Å². The van der Waals surface area contributed by atoms with Crippen LogP contribution in [0, 0.1) is 0 Å². The number of hydrogen-bond donors (Lipinski definition) is 1. The fourth-order valence-corrected chi connectivity index (χ4v) is 2.94. The Morgan fingerprint density at radius 2 is 2.05 bits per heavy atom. The maximum Gasteiger partial charge on any atom is 0.252 e. The fraction of sp³-hybridized carbons (Fsp3) is 0.308. The van der Waals surface area contributed by atoms with Crippen LogP contribution in [0.1, 0.15) is 40.1 Å². The van der Waals surface area contributed by atoms with E-state index in [0.29, 0.717) is 5.56 Å². The quantitative estimate of drug-likeness (QED) is 0.865. The number of halogens is 2. The zero-order chi connectivity index (χ0) is 14.7. The van der Waals surface area contributed by atoms with Crippen molar-refractivity contribution < 1.29 is 4.79 Å². The number of thiazole rings is 1. The van der Waals surface area contributed by atoms with Crippen LogP contribution >= 0.6 is 34.5 Å². The molecular weight excluding hydrogens is 317 g/mol. The number of carbonyl (C=O) groups excluding carboxylic acids is 1. The van der Waals surface area contributed by atoms with E-state index in [-0.39, 0.29) is 22.3 Å². The minimum atomic E-state index is -0.253. The van der Waals surface area contributed by atoms with Crippen molar-refractivity contribution in [3.05, 3.63) is 44.1 Å². The third-order valence-electron chi connectivity index (χ3n) is 2.66. The average Bonchev–Trinajstić information content (AvgIpc) is 2.86. The zero-order valence-corrected chi connectivity index (χ0v) is 13.3. The van der Waals surface area contributed by atoms with E-state index in [4.69, 9.17) is 23.2 Å². The van der Waals surface area contributed by atoms with Crippen LogP contribution in [0.5, 0.6) is 0 Å². The van der Waals surface area contributed by atoms with Crippen molar-refractivity contribution in [1.29, 1.82) is 0 Å². The summed E-state index contributed by atoms with van der Waals surface area (Å²) in [5, 5.41) is 4.13. The van der Waals surface area contributed by atoms with Crippen molar-refractivity contribution in [2.75, 3.05) is 0 Å². The van der Waals surface area contributed by atoms with Crippen molar-refractivity contribution in [2.24, 2.45) is 0 Å². The molecule has 106 valence electrons. The summed E-state index contributed by atoms with van der Waals surface area (Å²) in [6.45, 7) is 3.96. The van der Waals surface area contributed by atoms with Crippen LogP contribution in [-0.4, -0.2) is 15.9 Å². The number of amides is 1. The first kappa shape index (κ1) is 15.2. The van der Waals surface area contributed by atoms with Gasteiger partial charge in [0.1, 0.15) is 15.3 Å². The number of pyridine rings is 1. The van der Waals surface area contributed by atoms with Gasteiger partial charge in [-0.05, 0) is 25.5 Å². The second-order valence-electron chi connectivity index (χ2n) is 4.21. The van der Waals surface area contributed by atoms with Gasteiger partial charge >= 0.3 is 0 Å². The van der Waals surface area contributed by atoms with Crippen LogP contribution in [0.4, 0.5) is 0 Å². The van der Waals surface area contributed by atoms with Gasteiger partial charge in [0.15, 0.2) is 0 Å². The SMILES string of the molecule is CCc1cnc(C(C)NC(=O)c2cc(Cl)nc(Cl)c2)s1. The summed E-state index contributed by atoms with van der Waals surface area (Å²) in [5.74, 6) is -0.253. The summed E-state index contributed by atoms with van der Waals surface area (Å²) in [6.07, 6.45) is 2.77. The van der Waals surface area contributed by atoms with Crippen molar-refractivity contribution in [1.82, 2.24) is 15.3 Å². The Morgan fingerprint density at radius 3 is 2.60 bits per heavy atom. The first-order chi connectivity index (χ1) is 9.49. The molecule has 1 amide bonds. The lowest BCUT2D eigenvalue weighted by atomic mass is 10.2. The van der Waals surface area contributed by atoms with Gasteiger partial charge < -0.3 is 5.32 Å². The normalized spacial score (nSPS) is 12.2. The molecule has 0 radical (unpaired) electrons. The first-order valence-corrected chi connectivity index (χ1v) is 7.65. The predicted octanol–water partition coefficient (Wildman–Crippen LogP) is 3.90. The van der Waals surface area contributed by atoms with E-state index < -0.39 is 0 Å². The van der Waals surface area contributed by atoms with Crippen molar-refractivity contribution >= 4 is 40.4 Å². The Bertz CT molecular complexity index is 610. The second kappa shape index (κ2) is 6.52. The number of nitrogens with zero attached hydrogens (tertiary/aromatic N) is 2.